The molecule has 3 N–H and O–H groups in total. The second-order valence-electron chi connectivity index (χ2n) is 3.14. The van der Waals surface area contributed by atoms with Crippen LogP contribution in [0.2, 0.25) is 5.15 Å². The molecule has 84 valence electrons. The van der Waals surface area contributed by atoms with Crippen molar-refractivity contribution < 1.29 is 0 Å². The third-order valence-electron chi connectivity index (χ3n) is 1.94. The van der Waals surface area contributed by atoms with Gasteiger partial charge in [-0.05, 0) is 6.92 Å². The van der Waals surface area contributed by atoms with Crippen LogP contribution in [0.15, 0.2) is 18.5 Å². The predicted molar refractivity (Wildman–Crippen MR) is 62.6 cm³/mol. The Hall–Kier alpha value is -1.82. The number of nitrogens with zero attached hydrogens (tertiary/aromatic N) is 4. The molecule has 2 rings (SSSR count). The fraction of sp³-hybridized carbons (Fsp3) is 0.222. The maximum absolute atomic E-state index is 5.76. The number of hydrogen-bond acceptors (Lipinski definition) is 5. The lowest BCUT2D eigenvalue weighted by molar-refractivity contribution is 0.660. The molecule has 2 aromatic rings. The first-order chi connectivity index (χ1) is 7.67. The highest BCUT2D eigenvalue weighted by Gasteiger charge is 2.02. The Balaban J connectivity index is 2.19. The van der Waals surface area contributed by atoms with Gasteiger partial charge in [0.15, 0.2) is 0 Å². The number of nitrogens with one attached hydrogen (secondary N) is 1. The summed E-state index contributed by atoms with van der Waals surface area (Å²) in [6, 6.07) is 1.60. The average Bonchev–Trinajstić information content (AvgIpc) is 2.64. The molecule has 2 aromatic heterocycles. The molecular formula is C9H11ClN6. The molecule has 16 heavy (non-hydrogen) atoms. The van der Waals surface area contributed by atoms with Crippen LogP contribution in [0, 0.1) is 0 Å². The molecule has 2 heterocycles. The first kappa shape index (κ1) is 10.7. The lowest BCUT2D eigenvalue weighted by Gasteiger charge is -2.03. The standard InChI is InChI=1S/C9H11ClN6/c1-2-16-5-6(4-12-16)13-8-3-7(10)14-9(11)15-8/h3-5H,2H2,1H3,(H3,11,13,14,15). The van der Waals surface area contributed by atoms with Crippen LogP contribution in [-0.2, 0) is 6.54 Å². The number of nitrogens with two attached hydrogens (primary N) is 1. The fourth-order valence-electron chi connectivity index (χ4n) is 1.25. The van der Waals surface area contributed by atoms with Crippen LogP contribution in [0.1, 0.15) is 6.92 Å². The normalized spacial score (nSPS) is 10.4. The number of rotatable bonds is 3. The summed E-state index contributed by atoms with van der Waals surface area (Å²) in [6.45, 7) is 2.82. The van der Waals surface area contributed by atoms with Crippen molar-refractivity contribution >= 4 is 29.1 Å². The first-order valence-corrected chi connectivity index (χ1v) is 5.14. The smallest absolute Gasteiger partial charge is 0.223 e. The molecule has 0 spiro atoms. The molecule has 6 nitrogen and oxygen atoms in total. The van der Waals surface area contributed by atoms with E-state index in [-0.39, 0.29) is 5.95 Å². The maximum atomic E-state index is 5.76. The molecule has 0 atom stereocenters. The summed E-state index contributed by atoms with van der Waals surface area (Å²) in [4.78, 5) is 7.77. The molecular weight excluding hydrogens is 228 g/mol. The van der Waals surface area contributed by atoms with E-state index in [1.807, 2.05) is 13.1 Å². The van der Waals surface area contributed by atoms with Crippen molar-refractivity contribution in [1.82, 2.24) is 19.7 Å². The monoisotopic (exact) mass is 238 g/mol. The van der Waals surface area contributed by atoms with Gasteiger partial charge in [-0.15, -0.1) is 0 Å². The number of aryl methyl sites for hydroxylation is 1. The molecule has 0 aliphatic heterocycles. The molecule has 7 heteroatoms. The van der Waals surface area contributed by atoms with Crippen molar-refractivity contribution in [3.05, 3.63) is 23.6 Å². The van der Waals surface area contributed by atoms with Gasteiger partial charge in [0.25, 0.3) is 0 Å². The van der Waals surface area contributed by atoms with Crippen molar-refractivity contribution in [1.29, 1.82) is 0 Å². The van der Waals surface area contributed by atoms with Crippen LogP contribution in [0.3, 0.4) is 0 Å². The van der Waals surface area contributed by atoms with E-state index >= 15 is 0 Å². The van der Waals surface area contributed by atoms with Gasteiger partial charge in [-0.2, -0.15) is 10.1 Å². The van der Waals surface area contributed by atoms with Crippen molar-refractivity contribution in [3.8, 4) is 0 Å². The minimum Gasteiger partial charge on any atom is -0.368 e. The van der Waals surface area contributed by atoms with Gasteiger partial charge in [0.1, 0.15) is 11.0 Å². The first-order valence-electron chi connectivity index (χ1n) is 4.77. The van der Waals surface area contributed by atoms with E-state index in [4.69, 9.17) is 17.3 Å². The Morgan fingerprint density at radius 2 is 2.31 bits per heavy atom. The van der Waals surface area contributed by atoms with Crippen LogP contribution in [-0.4, -0.2) is 19.7 Å². The van der Waals surface area contributed by atoms with Gasteiger partial charge in [-0.1, -0.05) is 11.6 Å². The minimum absolute atomic E-state index is 0.137. The van der Waals surface area contributed by atoms with Gasteiger partial charge < -0.3 is 11.1 Å². The van der Waals surface area contributed by atoms with E-state index < -0.39 is 0 Å². The van der Waals surface area contributed by atoms with E-state index in [2.05, 4.69) is 20.4 Å². The molecule has 0 amide bonds. The van der Waals surface area contributed by atoms with E-state index in [9.17, 15) is 0 Å². The summed E-state index contributed by atoms with van der Waals surface area (Å²) in [5.74, 6) is 0.686. The Labute approximate surface area is 97.5 Å². The molecule has 0 fully saturated rings. The fourth-order valence-corrected chi connectivity index (χ4v) is 1.44. The van der Waals surface area contributed by atoms with Crippen molar-refractivity contribution in [2.24, 2.45) is 0 Å². The third kappa shape index (κ3) is 2.40. The number of nitrogen functional groups attached to an aromatic ring is 1. The van der Waals surface area contributed by atoms with Gasteiger partial charge in [-0.25, -0.2) is 4.98 Å². The molecule has 0 saturated carbocycles. The Morgan fingerprint density at radius 1 is 1.50 bits per heavy atom. The summed E-state index contributed by atoms with van der Waals surface area (Å²) in [6.07, 6.45) is 3.57. The molecule has 0 bridgehead atoms. The highest BCUT2D eigenvalue weighted by molar-refractivity contribution is 6.29. The summed E-state index contributed by atoms with van der Waals surface area (Å²) >= 11 is 5.76. The van der Waals surface area contributed by atoms with Crippen LogP contribution in [0.4, 0.5) is 17.5 Å². The van der Waals surface area contributed by atoms with E-state index in [1.54, 1.807) is 16.9 Å². The zero-order chi connectivity index (χ0) is 11.5. The molecule has 0 aliphatic rings. The van der Waals surface area contributed by atoms with Crippen molar-refractivity contribution in [3.63, 3.8) is 0 Å². The van der Waals surface area contributed by atoms with Crippen molar-refractivity contribution in [2.45, 2.75) is 13.5 Å². The summed E-state index contributed by atoms with van der Waals surface area (Å²) in [7, 11) is 0. The Bertz CT molecular complexity index is 474. The number of halogens is 1. The molecule has 0 unspecified atom stereocenters. The van der Waals surface area contributed by atoms with Gasteiger partial charge in [0.05, 0.1) is 11.9 Å². The van der Waals surface area contributed by atoms with Crippen LogP contribution in [0.5, 0.6) is 0 Å². The molecule has 0 radical (unpaired) electrons. The maximum Gasteiger partial charge on any atom is 0.223 e. The van der Waals surface area contributed by atoms with E-state index in [0.717, 1.165) is 12.2 Å². The van der Waals surface area contributed by atoms with E-state index in [0.29, 0.717) is 11.0 Å². The number of anilines is 3. The third-order valence-corrected chi connectivity index (χ3v) is 2.14. The Morgan fingerprint density at radius 3 is 2.94 bits per heavy atom. The van der Waals surface area contributed by atoms with Gasteiger partial charge in [-0.3, -0.25) is 4.68 Å². The average molecular weight is 239 g/mol. The van der Waals surface area contributed by atoms with Crippen LogP contribution < -0.4 is 11.1 Å². The topological polar surface area (TPSA) is 81.7 Å². The molecule has 0 saturated heterocycles. The summed E-state index contributed by atoms with van der Waals surface area (Å²) in [5.41, 5.74) is 6.31. The summed E-state index contributed by atoms with van der Waals surface area (Å²) < 4.78 is 1.80. The zero-order valence-corrected chi connectivity index (χ0v) is 9.44. The SMILES string of the molecule is CCn1cc(Nc2cc(Cl)nc(N)n2)cn1. The van der Waals surface area contributed by atoms with Crippen LogP contribution in [0.25, 0.3) is 0 Å². The predicted octanol–water partition coefficient (Wildman–Crippen LogP) is 1.67. The van der Waals surface area contributed by atoms with Gasteiger partial charge >= 0.3 is 0 Å². The minimum atomic E-state index is 0.137. The molecule has 0 aromatic carbocycles. The van der Waals surface area contributed by atoms with Gasteiger partial charge in [0.2, 0.25) is 5.95 Å². The highest BCUT2D eigenvalue weighted by Crippen LogP contribution is 2.17. The van der Waals surface area contributed by atoms with Crippen LogP contribution >= 0.6 is 11.6 Å². The highest BCUT2D eigenvalue weighted by atomic mass is 35.5. The van der Waals surface area contributed by atoms with E-state index in [1.165, 1.54) is 0 Å². The zero-order valence-electron chi connectivity index (χ0n) is 8.68. The largest absolute Gasteiger partial charge is 0.368 e. The molecule has 0 aliphatic carbocycles. The number of aromatic nitrogens is 4. The lowest BCUT2D eigenvalue weighted by Crippen LogP contribution is -1.99. The van der Waals surface area contributed by atoms with Gasteiger partial charge in [0, 0.05) is 18.8 Å². The number of hydrogen-bond donors (Lipinski definition) is 2. The quantitative estimate of drug-likeness (QED) is 0.795. The summed E-state index contributed by atoms with van der Waals surface area (Å²) in [5, 5.41) is 7.47. The second kappa shape index (κ2) is 4.36. The second-order valence-corrected chi connectivity index (χ2v) is 3.53. The Kier molecular flexibility index (Phi) is 2.91. The lowest BCUT2D eigenvalue weighted by atomic mass is 10.5. The van der Waals surface area contributed by atoms with Crippen molar-refractivity contribution in [2.75, 3.05) is 11.1 Å².